The molecule has 9 heteroatoms. The summed E-state index contributed by atoms with van der Waals surface area (Å²) in [6.07, 6.45) is 3.25. The zero-order chi connectivity index (χ0) is 21.4. The predicted octanol–water partition coefficient (Wildman–Crippen LogP) is 2.07. The van der Waals surface area contributed by atoms with Crippen LogP contribution in [-0.4, -0.2) is 64.0 Å². The Morgan fingerprint density at radius 3 is 2.74 bits per heavy atom. The molecule has 2 saturated heterocycles. The molecule has 0 radical (unpaired) electrons. The van der Waals surface area contributed by atoms with Crippen molar-refractivity contribution in [2.75, 3.05) is 33.4 Å². The molecule has 2 aliphatic heterocycles. The molecule has 0 bridgehead atoms. The van der Waals surface area contributed by atoms with Gasteiger partial charge in [-0.25, -0.2) is 13.9 Å². The molecule has 2 aromatic heterocycles. The molecule has 0 amide bonds. The van der Waals surface area contributed by atoms with Gasteiger partial charge in [0.2, 0.25) is 0 Å². The summed E-state index contributed by atoms with van der Waals surface area (Å²) in [4.78, 5) is 22.5. The Bertz CT molecular complexity index is 1110. The van der Waals surface area contributed by atoms with E-state index in [4.69, 9.17) is 14.6 Å². The van der Waals surface area contributed by atoms with Crippen LogP contribution in [0.15, 0.2) is 35.3 Å². The van der Waals surface area contributed by atoms with Gasteiger partial charge in [0.15, 0.2) is 5.52 Å². The van der Waals surface area contributed by atoms with Crippen molar-refractivity contribution < 1.29 is 13.9 Å². The van der Waals surface area contributed by atoms with E-state index >= 15 is 0 Å². The lowest BCUT2D eigenvalue weighted by atomic mass is 10.00. The van der Waals surface area contributed by atoms with Crippen molar-refractivity contribution in [2.45, 2.75) is 37.3 Å². The van der Waals surface area contributed by atoms with Crippen LogP contribution in [0.5, 0.6) is 0 Å². The molecule has 2 aliphatic rings. The highest BCUT2D eigenvalue weighted by molar-refractivity contribution is 5.42. The lowest BCUT2D eigenvalue weighted by Gasteiger charge is -2.21. The largest absolute Gasteiger partial charge is 0.381 e. The van der Waals surface area contributed by atoms with E-state index in [1.54, 1.807) is 30.0 Å². The topological polar surface area (TPSA) is 84.8 Å². The average Bonchev–Trinajstić information content (AvgIpc) is 3.40. The van der Waals surface area contributed by atoms with E-state index in [0.717, 1.165) is 24.2 Å². The monoisotopic (exact) mass is 427 g/mol. The number of nitrogens with one attached hydrogen (secondary N) is 1. The van der Waals surface area contributed by atoms with Crippen molar-refractivity contribution >= 4 is 5.52 Å². The predicted molar refractivity (Wildman–Crippen MR) is 112 cm³/mol. The second-order valence-electron chi connectivity index (χ2n) is 8.34. The van der Waals surface area contributed by atoms with E-state index in [-0.39, 0.29) is 29.3 Å². The Morgan fingerprint density at radius 2 is 2.00 bits per heavy atom. The number of halogens is 1. The number of aromatic nitrogens is 4. The summed E-state index contributed by atoms with van der Waals surface area (Å²) in [6.45, 7) is 3.47. The Hall–Kier alpha value is -2.62. The van der Waals surface area contributed by atoms with Crippen LogP contribution in [0.3, 0.4) is 0 Å². The number of methoxy groups -OCH3 is 1. The van der Waals surface area contributed by atoms with Crippen molar-refractivity contribution in [3.05, 3.63) is 63.8 Å². The van der Waals surface area contributed by atoms with Crippen LogP contribution < -0.4 is 5.56 Å². The fraction of sp³-hybridized carbons (Fsp3) is 0.500. The standard InChI is InChI=1S/C22H26FN5O3/c1-30-19-13-27(11-14-2-4-16(23)5-3-14)12-17(19)20-25-22(29)18-10-24-21(28(18)26-20)15-6-8-31-9-7-15/h2-5,10,15,17,19H,6-9,11-13H2,1H3,(H,25,26,29). The van der Waals surface area contributed by atoms with Crippen LogP contribution in [0, 0.1) is 5.82 Å². The molecular weight excluding hydrogens is 401 g/mol. The molecule has 0 aliphatic carbocycles. The van der Waals surface area contributed by atoms with Gasteiger partial charge in [-0.3, -0.25) is 9.69 Å². The van der Waals surface area contributed by atoms with E-state index in [0.29, 0.717) is 44.2 Å². The average molecular weight is 427 g/mol. The summed E-state index contributed by atoms with van der Waals surface area (Å²) in [5.41, 5.74) is 1.30. The van der Waals surface area contributed by atoms with Crippen LogP contribution in [0.25, 0.3) is 5.52 Å². The molecule has 0 saturated carbocycles. The molecule has 1 aromatic carbocycles. The van der Waals surface area contributed by atoms with Crippen LogP contribution in [-0.2, 0) is 16.0 Å². The third-order valence-corrected chi connectivity index (χ3v) is 6.35. The lowest BCUT2D eigenvalue weighted by Crippen LogP contribution is -2.26. The van der Waals surface area contributed by atoms with E-state index in [9.17, 15) is 9.18 Å². The highest BCUT2D eigenvalue weighted by Gasteiger charge is 2.36. The summed E-state index contributed by atoms with van der Waals surface area (Å²) in [7, 11) is 1.68. The van der Waals surface area contributed by atoms with Crippen molar-refractivity contribution in [1.82, 2.24) is 24.5 Å². The van der Waals surface area contributed by atoms with E-state index in [1.165, 1.54) is 12.1 Å². The van der Waals surface area contributed by atoms with E-state index in [1.807, 2.05) is 0 Å². The van der Waals surface area contributed by atoms with Gasteiger partial charge < -0.3 is 14.5 Å². The third-order valence-electron chi connectivity index (χ3n) is 6.35. The number of ether oxygens (including phenoxy) is 2. The third kappa shape index (κ3) is 4.00. The second kappa shape index (κ2) is 8.49. The van der Waals surface area contributed by atoms with Gasteiger partial charge in [-0.1, -0.05) is 12.1 Å². The van der Waals surface area contributed by atoms with Crippen molar-refractivity contribution in [1.29, 1.82) is 0 Å². The van der Waals surface area contributed by atoms with Crippen LogP contribution in [0.2, 0.25) is 0 Å². The minimum absolute atomic E-state index is 0.0764. The summed E-state index contributed by atoms with van der Waals surface area (Å²) >= 11 is 0. The first kappa shape index (κ1) is 20.3. The summed E-state index contributed by atoms with van der Waals surface area (Å²) in [6, 6.07) is 6.53. The maximum Gasteiger partial charge on any atom is 0.276 e. The van der Waals surface area contributed by atoms with Gasteiger partial charge >= 0.3 is 0 Å². The Kier molecular flexibility index (Phi) is 5.56. The number of imidazole rings is 1. The molecule has 1 N–H and O–H groups in total. The Balaban J connectivity index is 1.43. The fourth-order valence-corrected chi connectivity index (χ4v) is 4.66. The number of aromatic amines is 1. The Morgan fingerprint density at radius 1 is 1.23 bits per heavy atom. The minimum Gasteiger partial charge on any atom is -0.381 e. The lowest BCUT2D eigenvalue weighted by molar-refractivity contribution is 0.0831. The highest BCUT2D eigenvalue weighted by atomic mass is 19.1. The maximum atomic E-state index is 13.2. The number of benzene rings is 1. The molecule has 8 nitrogen and oxygen atoms in total. The number of hydrogen-bond acceptors (Lipinski definition) is 6. The van der Waals surface area contributed by atoms with Crippen LogP contribution in [0.1, 0.15) is 41.9 Å². The summed E-state index contributed by atoms with van der Waals surface area (Å²) < 4.78 is 26.1. The normalized spacial score (nSPS) is 23.0. The van der Waals surface area contributed by atoms with Gasteiger partial charge in [0.25, 0.3) is 5.56 Å². The van der Waals surface area contributed by atoms with Crippen LogP contribution >= 0.6 is 0 Å². The smallest absolute Gasteiger partial charge is 0.276 e. The highest BCUT2D eigenvalue weighted by Crippen LogP contribution is 2.29. The molecule has 3 aromatic rings. The number of hydrogen-bond donors (Lipinski definition) is 1. The first-order chi connectivity index (χ1) is 15.1. The SMILES string of the molecule is COC1CN(Cc2ccc(F)cc2)CC1c1nn2c(C3CCOCC3)ncc2c(=O)[nH]1. The van der Waals surface area contributed by atoms with E-state index < -0.39 is 0 Å². The summed E-state index contributed by atoms with van der Waals surface area (Å²) in [5.74, 6) is 1.34. The molecule has 4 heterocycles. The molecule has 164 valence electrons. The van der Waals surface area contributed by atoms with Gasteiger partial charge in [0, 0.05) is 45.9 Å². The second-order valence-corrected chi connectivity index (χ2v) is 8.34. The number of likely N-dealkylation sites (tertiary alicyclic amines) is 1. The van der Waals surface area contributed by atoms with Gasteiger partial charge in [-0.15, -0.1) is 0 Å². The van der Waals surface area contributed by atoms with Crippen molar-refractivity contribution in [2.24, 2.45) is 0 Å². The maximum absolute atomic E-state index is 13.2. The molecule has 2 unspecified atom stereocenters. The van der Waals surface area contributed by atoms with Crippen molar-refractivity contribution in [3.8, 4) is 0 Å². The van der Waals surface area contributed by atoms with Crippen molar-refractivity contribution in [3.63, 3.8) is 0 Å². The number of rotatable bonds is 5. The first-order valence-electron chi connectivity index (χ1n) is 10.7. The van der Waals surface area contributed by atoms with Gasteiger partial charge in [-0.05, 0) is 30.5 Å². The molecule has 5 rings (SSSR count). The van der Waals surface area contributed by atoms with E-state index in [2.05, 4.69) is 14.9 Å². The Labute approximate surface area is 179 Å². The fourth-order valence-electron chi connectivity index (χ4n) is 4.66. The quantitative estimate of drug-likeness (QED) is 0.671. The number of fused-ring (bicyclic) bond motifs is 1. The zero-order valence-corrected chi connectivity index (χ0v) is 17.5. The zero-order valence-electron chi connectivity index (χ0n) is 17.5. The number of H-pyrrole nitrogens is 1. The minimum atomic E-state index is -0.242. The van der Waals surface area contributed by atoms with Gasteiger partial charge in [0.05, 0.1) is 18.2 Å². The van der Waals surface area contributed by atoms with Gasteiger partial charge in [0.1, 0.15) is 17.5 Å². The molecule has 2 fully saturated rings. The molecule has 2 atom stereocenters. The van der Waals surface area contributed by atoms with Gasteiger partial charge in [-0.2, -0.15) is 5.10 Å². The molecule has 31 heavy (non-hydrogen) atoms. The first-order valence-corrected chi connectivity index (χ1v) is 10.7. The summed E-state index contributed by atoms with van der Waals surface area (Å²) in [5, 5.41) is 4.81. The molecular formula is C22H26FN5O3. The molecule has 0 spiro atoms. The van der Waals surface area contributed by atoms with Crippen LogP contribution in [0.4, 0.5) is 4.39 Å². The number of nitrogens with zero attached hydrogens (tertiary/aromatic N) is 4.